The number of benzene rings is 1. The second-order valence-corrected chi connectivity index (χ2v) is 4.12. The standard InChI is InChI=1S/C10H10NO2.ClHO4/c1-7-11(2)10(12)8-5-3-4-6-9(8)13-7;2-1(3,4)5/h3-6H,1-2H3;(H,2,3,4,5)/q+1;/p-1. The van der Waals surface area contributed by atoms with Crippen molar-refractivity contribution >= 4 is 11.0 Å². The van der Waals surface area contributed by atoms with Crippen molar-refractivity contribution in [2.45, 2.75) is 6.92 Å². The first-order valence-electron chi connectivity index (χ1n) is 4.70. The fraction of sp³-hybridized carbons (Fsp3) is 0.200. The van der Waals surface area contributed by atoms with E-state index >= 15 is 0 Å². The summed E-state index contributed by atoms with van der Waals surface area (Å²) in [5.74, 6) is 0.615. The fourth-order valence-electron chi connectivity index (χ4n) is 1.28. The number of aryl methyl sites for hydroxylation is 1. The largest absolute Gasteiger partial charge is 0.425 e. The third kappa shape index (κ3) is 4.06. The molecule has 0 aliphatic carbocycles. The highest BCUT2D eigenvalue weighted by molar-refractivity contribution is 5.74. The predicted molar refractivity (Wildman–Crippen MR) is 48.4 cm³/mol. The first kappa shape index (κ1) is 14.6. The molecule has 0 spiro atoms. The molecule has 0 unspecified atom stereocenters. The molecule has 0 bridgehead atoms. The van der Waals surface area contributed by atoms with Crippen LogP contribution in [0.15, 0.2) is 33.5 Å². The number of fused-ring (bicyclic) bond motifs is 1. The molecule has 0 amide bonds. The molecule has 0 aliphatic heterocycles. The van der Waals surface area contributed by atoms with Crippen LogP contribution in [-0.2, 0) is 7.05 Å². The van der Waals surface area contributed by atoms with E-state index in [-0.39, 0.29) is 5.56 Å². The zero-order chi connectivity index (χ0) is 13.9. The monoisotopic (exact) mass is 275 g/mol. The van der Waals surface area contributed by atoms with Gasteiger partial charge in [-0.3, -0.25) is 0 Å². The van der Waals surface area contributed by atoms with E-state index in [1.54, 1.807) is 26.1 Å². The van der Waals surface area contributed by atoms with Crippen LogP contribution in [0, 0.1) is 17.2 Å². The van der Waals surface area contributed by atoms with Gasteiger partial charge in [0.2, 0.25) is 0 Å². The second-order valence-electron chi connectivity index (χ2n) is 3.36. The first-order valence-corrected chi connectivity index (χ1v) is 5.94. The summed E-state index contributed by atoms with van der Waals surface area (Å²) in [6.45, 7) is 1.77. The molecule has 0 N–H and O–H groups in total. The number of para-hydroxylation sites is 1. The Balaban J connectivity index is 0.000000280. The molecular weight excluding hydrogens is 266 g/mol. The van der Waals surface area contributed by atoms with Crippen molar-refractivity contribution in [3.05, 3.63) is 40.5 Å². The van der Waals surface area contributed by atoms with Crippen LogP contribution >= 0.6 is 0 Å². The van der Waals surface area contributed by atoms with Gasteiger partial charge in [-0.15, -0.1) is 14.8 Å². The van der Waals surface area contributed by atoms with Gasteiger partial charge in [-0.25, -0.2) is 23.4 Å². The summed E-state index contributed by atoms with van der Waals surface area (Å²) >= 11 is 0. The summed E-state index contributed by atoms with van der Waals surface area (Å²) in [5.41, 5.74) is 0.627. The summed E-state index contributed by atoms with van der Waals surface area (Å²) in [7, 11) is -3.24. The summed E-state index contributed by atoms with van der Waals surface area (Å²) in [5, 5.41) is 0.621. The Hall–Kier alpha value is -1.51. The summed E-state index contributed by atoms with van der Waals surface area (Å²) in [6, 6.07) is 7.24. The molecule has 7 nitrogen and oxygen atoms in total. The van der Waals surface area contributed by atoms with Crippen molar-refractivity contribution in [1.82, 2.24) is 0 Å². The highest BCUT2D eigenvalue weighted by atomic mass is 35.7. The highest BCUT2D eigenvalue weighted by Gasteiger charge is 2.12. The summed E-state index contributed by atoms with van der Waals surface area (Å²) in [6.07, 6.45) is 0. The van der Waals surface area contributed by atoms with Gasteiger partial charge in [0.25, 0.3) is 0 Å². The number of nitrogens with zero attached hydrogens (tertiary/aromatic N) is 1. The van der Waals surface area contributed by atoms with Crippen molar-refractivity contribution in [2.75, 3.05) is 0 Å². The average Bonchev–Trinajstić information content (AvgIpc) is 2.24. The van der Waals surface area contributed by atoms with Gasteiger partial charge >= 0.3 is 11.4 Å². The van der Waals surface area contributed by atoms with Crippen molar-refractivity contribution < 1.29 is 37.9 Å². The van der Waals surface area contributed by atoms with E-state index in [0.717, 1.165) is 0 Å². The molecule has 18 heavy (non-hydrogen) atoms. The lowest BCUT2D eigenvalue weighted by Gasteiger charge is -2.17. The quantitative estimate of drug-likeness (QED) is 0.453. The molecule has 8 heteroatoms. The lowest BCUT2D eigenvalue weighted by atomic mass is 10.2. The molecule has 0 saturated heterocycles. The van der Waals surface area contributed by atoms with E-state index in [9.17, 15) is 4.79 Å². The Labute approximate surface area is 104 Å². The first-order chi connectivity index (χ1) is 8.20. The van der Waals surface area contributed by atoms with E-state index in [0.29, 0.717) is 16.9 Å². The molecule has 1 aromatic heterocycles. The van der Waals surface area contributed by atoms with Crippen LogP contribution in [0.4, 0.5) is 0 Å². The van der Waals surface area contributed by atoms with Crippen LogP contribution in [-0.4, -0.2) is 0 Å². The van der Waals surface area contributed by atoms with E-state index in [1.807, 2.05) is 12.1 Å². The minimum Gasteiger partial charge on any atom is -0.408 e. The zero-order valence-electron chi connectivity index (χ0n) is 9.58. The Morgan fingerprint density at radius 1 is 1.17 bits per heavy atom. The van der Waals surface area contributed by atoms with Crippen LogP contribution < -0.4 is 28.8 Å². The van der Waals surface area contributed by atoms with Crippen LogP contribution in [0.2, 0.25) is 0 Å². The van der Waals surface area contributed by atoms with Crippen molar-refractivity contribution in [3.8, 4) is 0 Å². The number of rotatable bonds is 0. The number of hydrogen-bond donors (Lipinski definition) is 0. The van der Waals surface area contributed by atoms with Gasteiger partial charge in [0, 0.05) is 0 Å². The van der Waals surface area contributed by atoms with Gasteiger partial charge in [-0.1, -0.05) is 12.1 Å². The molecule has 1 heterocycles. The van der Waals surface area contributed by atoms with Gasteiger partial charge in [-0.05, 0) is 12.1 Å². The SMILES string of the molecule is Cc1oc2ccccc2c(=O)[n+]1C.[O-][Cl+3]([O-])([O-])[O-]. The van der Waals surface area contributed by atoms with E-state index in [1.165, 1.54) is 4.57 Å². The molecule has 98 valence electrons. The third-order valence-electron chi connectivity index (χ3n) is 2.15. The van der Waals surface area contributed by atoms with E-state index in [2.05, 4.69) is 0 Å². The molecule has 2 rings (SSSR count). The minimum absolute atomic E-state index is 0.0145. The molecule has 1 aromatic carbocycles. The number of halogens is 1. The maximum absolute atomic E-state index is 11.7. The van der Waals surface area contributed by atoms with Gasteiger partial charge in [0.05, 0.1) is 6.92 Å². The topological polar surface area (TPSA) is 126 Å². The molecule has 0 fully saturated rings. The maximum Gasteiger partial charge on any atom is 0.425 e. The van der Waals surface area contributed by atoms with Crippen LogP contribution in [0.5, 0.6) is 0 Å². The molecular formula is C10H10ClNO6. The predicted octanol–water partition coefficient (Wildman–Crippen LogP) is -3.83. The maximum atomic E-state index is 11.7. The van der Waals surface area contributed by atoms with E-state index in [4.69, 9.17) is 23.1 Å². The molecule has 0 aliphatic rings. The summed E-state index contributed by atoms with van der Waals surface area (Å²) in [4.78, 5) is 11.7. The Morgan fingerprint density at radius 2 is 1.67 bits per heavy atom. The lowest BCUT2D eigenvalue weighted by Crippen LogP contribution is -2.68. The van der Waals surface area contributed by atoms with Gasteiger partial charge < -0.3 is 4.42 Å². The van der Waals surface area contributed by atoms with Crippen molar-refractivity contribution in [2.24, 2.45) is 7.05 Å². The number of hydrogen-bond acceptors (Lipinski definition) is 6. The highest BCUT2D eigenvalue weighted by Crippen LogP contribution is 2.07. The zero-order valence-corrected chi connectivity index (χ0v) is 10.3. The third-order valence-corrected chi connectivity index (χ3v) is 2.15. The van der Waals surface area contributed by atoms with E-state index < -0.39 is 10.2 Å². The van der Waals surface area contributed by atoms with Gasteiger partial charge in [0.1, 0.15) is 12.4 Å². The Bertz CT molecular complexity index is 597. The van der Waals surface area contributed by atoms with Crippen molar-refractivity contribution in [3.63, 3.8) is 0 Å². The molecule has 2 aromatic rings. The number of aromatic nitrogens is 1. The molecule has 0 radical (unpaired) electrons. The molecule has 0 saturated carbocycles. The normalized spacial score (nSPS) is 11.0. The van der Waals surface area contributed by atoms with Crippen LogP contribution in [0.1, 0.15) is 5.89 Å². The Kier molecular flexibility index (Phi) is 4.38. The van der Waals surface area contributed by atoms with Crippen LogP contribution in [0.25, 0.3) is 11.0 Å². The summed E-state index contributed by atoms with van der Waals surface area (Å²) < 4.78 is 40.9. The smallest absolute Gasteiger partial charge is 0.408 e. The van der Waals surface area contributed by atoms with Crippen molar-refractivity contribution in [1.29, 1.82) is 0 Å². The lowest BCUT2D eigenvalue weighted by molar-refractivity contribution is -2.00. The van der Waals surface area contributed by atoms with Gasteiger partial charge in [-0.2, -0.15) is 0 Å². The van der Waals surface area contributed by atoms with Crippen LogP contribution in [0.3, 0.4) is 0 Å². The minimum atomic E-state index is -4.94. The molecule has 0 atom stereocenters. The average molecular weight is 276 g/mol. The van der Waals surface area contributed by atoms with Gasteiger partial charge in [0.15, 0.2) is 5.58 Å². The second kappa shape index (κ2) is 5.42. The Morgan fingerprint density at radius 3 is 2.22 bits per heavy atom. The fourth-order valence-corrected chi connectivity index (χ4v) is 1.28.